The van der Waals surface area contributed by atoms with E-state index in [0.717, 1.165) is 29.8 Å². The first-order chi connectivity index (χ1) is 18.2. The Balaban J connectivity index is 0.000000651. The molecule has 4 nitrogen and oxygen atoms in total. The molecule has 3 rings (SSSR count). The highest BCUT2D eigenvalue weighted by Gasteiger charge is 2.40. The van der Waals surface area contributed by atoms with Crippen molar-refractivity contribution < 1.29 is 9.59 Å². The van der Waals surface area contributed by atoms with Gasteiger partial charge >= 0.3 is 0 Å². The molecule has 0 saturated heterocycles. The molecule has 3 atom stereocenters. The van der Waals surface area contributed by atoms with E-state index in [1.807, 2.05) is 24.3 Å². The number of nitrogens with zero attached hydrogens (tertiary/aromatic N) is 1. The van der Waals surface area contributed by atoms with Crippen LogP contribution in [0.4, 0.5) is 0 Å². The highest BCUT2D eigenvalue weighted by molar-refractivity contribution is 7.97. The van der Waals surface area contributed by atoms with Gasteiger partial charge in [-0.25, -0.2) is 4.31 Å². The van der Waals surface area contributed by atoms with Crippen LogP contribution in [0.3, 0.4) is 0 Å². The summed E-state index contributed by atoms with van der Waals surface area (Å²) in [5.41, 5.74) is 3.40. The van der Waals surface area contributed by atoms with Crippen LogP contribution in [0.1, 0.15) is 72.1 Å². The highest BCUT2D eigenvalue weighted by atomic mass is 35.5. The molecule has 0 fully saturated rings. The molecule has 0 amide bonds. The molecule has 2 aromatic carbocycles. The monoisotopic (exact) mass is 590 g/mol. The maximum Gasteiger partial charge on any atom is 0.199 e. The molecule has 0 aromatic heterocycles. The van der Waals surface area contributed by atoms with Crippen LogP contribution in [-0.2, 0) is 9.59 Å². The Morgan fingerprint density at radius 3 is 2.10 bits per heavy atom. The smallest absolute Gasteiger partial charge is 0.199 e. The van der Waals surface area contributed by atoms with Crippen molar-refractivity contribution >= 4 is 47.6 Å². The second-order valence-electron chi connectivity index (χ2n) is 11.8. The number of hydrogen-bond donors (Lipinski definition) is 2. The number of carbonyl (C=O) groups is 2. The second kappa shape index (κ2) is 17.3. The minimum Gasteiger partial charge on any atom is -0.312 e. The van der Waals surface area contributed by atoms with E-state index < -0.39 is 0 Å². The molecule has 0 saturated carbocycles. The average Bonchev–Trinajstić information content (AvgIpc) is 3.18. The third-order valence-corrected chi connectivity index (χ3v) is 7.42. The fourth-order valence-electron chi connectivity index (χ4n) is 4.31. The van der Waals surface area contributed by atoms with Crippen molar-refractivity contribution in [2.75, 3.05) is 13.6 Å². The van der Waals surface area contributed by atoms with E-state index in [1.165, 1.54) is 10.5 Å². The molecule has 0 radical (unpaired) electrons. The topological polar surface area (TPSA) is 49.4 Å². The van der Waals surface area contributed by atoms with Crippen molar-refractivity contribution in [2.24, 2.45) is 17.3 Å². The van der Waals surface area contributed by atoms with Crippen molar-refractivity contribution in [2.45, 2.75) is 78.8 Å². The van der Waals surface area contributed by atoms with Gasteiger partial charge < -0.3 is 5.32 Å². The lowest BCUT2D eigenvalue weighted by Crippen LogP contribution is -2.33. The number of halogens is 1. The molecular weight excluding hydrogens is 544 g/mol. The van der Waals surface area contributed by atoms with Crippen LogP contribution in [-0.4, -0.2) is 35.3 Å². The molecule has 0 spiro atoms. The van der Waals surface area contributed by atoms with E-state index >= 15 is 0 Å². The summed E-state index contributed by atoms with van der Waals surface area (Å²) in [5.74, 6) is 1.25. The maximum atomic E-state index is 12.0. The Hall–Kier alpha value is -1.57. The SMILES string of the molecule is CC(C)C.CNCC(=O)S.Cc1ccccc1SN1C(c2ccc(Cl)cc2)C(C=O)=CC1C(C)CC(C)(C)C. The van der Waals surface area contributed by atoms with Crippen LogP contribution in [0.25, 0.3) is 0 Å². The Kier molecular flexibility index (Phi) is 15.7. The van der Waals surface area contributed by atoms with E-state index in [2.05, 4.69) is 108 Å². The highest BCUT2D eigenvalue weighted by Crippen LogP contribution is 2.47. The van der Waals surface area contributed by atoms with Gasteiger partial charge in [-0.2, -0.15) is 0 Å². The van der Waals surface area contributed by atoms with Crippen molar-refractivity contribution in [1.29, 1.82) is 0 Å². The van der Waals surface area contributed by atoms with Gasteiger partial charge in [0.25, 0.3) is 0 Å². The predicted octanol–water partition coefficient (Wildman–Crippen LogP) is 8.60. The number of likely N-dealkylation sites (N-methyl/N-ethyl adjacent to an activating group) is 1. The first-order valence-corrected chi connectivity index (χ1v) is 15.1. The Morgan fingerprint density at radius 2 is 1.67 bits per heavy atom. The zero-order chi connectivity index (χ0) is 29.8. The van der Waals surface area contributed by atoms with E-state index in [1.54, 1.807) is 19.0 Å². The van der Waals surface area contributed by atoms with E-state index in [-0.39, 0.29) is 22.6 Å². The molecule has 3 unspecified atom stereocenters. The molecular formula is C32H47ClN2O2S2. The molecule has 1 heterocycles. The van der Waals surface area contributed by atoms with Crippen LogP contribution in [0, 0.1) is 24.2 Å². The number of aryl methyl sites for hydroxylation is 1. The quantitative estimate of drug-likeness (QED) is 0.183. The van der Waals surface area contributed by atoms with Crippen molar-refractivity contribution in [3.8, 4) is 0 Å². The van der Waals surface area contributed by atoms with Gasteiger partial charge in [0.1, 0.15) is 6.29 Å². The van der Waals surface area contributed by atoms with Crippen LogP contribution < -0.4 is 5.32 Å². The molecule has 7 heteroatoms. The molecule has 39 heavy (non-hydrogen) atoms. The summed E-state index contributed by atoms with van der Waals surface area (Å²) in [7, 11) is 1.70. The summed E-state index contributed by atoms with van der Waals surface area (Å²) < 4.78 is 2.41. The van der Waals surface area contributed by atoms with E-state index in [4.69, 9.17) is 11.6 Å². The summed E-state index contributed by atoms with van der Waals surface area (Å²) in [5, 5.41) is 3.22. The fraction of sp³-hybridized carbons (Fsp3) is 0.500. The number of carbonyl (C=O) groups excluding carboxylic acids is 2. The Bertz CT molecular complexity index is 1060. The van der Waals surface area contributed by atoms with Crippen molar-refractivity contribution in [1.82, 2.24) is 9.62 Å². The molecule has 2 aromatic rings. The van der Waals surface area contributed by atoms with Gasteiger partial charge in [0, 0.05) is 21.5 Å². The first-order valence-electron chi connectivity index (χ1n) is 13.5. The molecule has 1 N–H and O–H groups in total. The van der Waals surface area contributed by atoms with Gasteiger partial charge in [-0.05, 0) is 78.9 Å². The molecule has 1 aliphatic rings. The standard InChI is InChI=1S/C25H30ClNOS.C4H10.C3H7NOS/c1-17-8-6-7-9-23(17)29-27-22(18(2)15-25(3,4)5)14-20(16-28)24(27)19-10-12-21(26)13-11-19;1-4(2)3;1-4-2-3(5)6/h6-14,16,18,22,24H,15H2,1-5H3;4H,1-3H3;4H,2H2,1H3,(H,5,6). The zero-order valence-corrected chi connectivity index (χ0v) is 27.5. The summed E-state index contributed by atoms with van der Waals surface area (Å²) in [6, 6.07) is 16.4. The maximum absolute atomic E-state index is 12.0. The van der Waals surface area contributed by atoms with Crippen molar-refractivity contribution in [3.05, 3.63) is 76.3 Å². The average molecular weight is 591 g/mol. The van der Waals surface area contributed by atoms with Gasteiger partial charge in [0.2, 0.25) is 0 Å². The Morgan fingerprint density at radius 1 is 1.10 bits per heavy atom. The van der Waals surface area contributed by atoms with E-state index in [0.29, 0.717) is 17.5 Å². The van der Waals surface area contributed by atoms with Gasteiger partial charge in [-0.3, -0.25) is 9.59 Å². The number of benzene rings is 2. The predicted molar refractivity (Wildman–Crippen MR) is 173 cm³/mol. The minimum absolute atomic E-state index is 0.0817. The number of rotatable bonds is 8. The van der Waals surface area contributed by atoms with Crippen LogP contribution >= 0.6 is 36.2 Å². The fourth-order valence-corrected chi connectivity index (χ4v) is 5.91. The molecule has 216 valence electrons. The van der Waals surface area contributed by atoms with Crippen LogP contribution in [0.2, 0.25) is 5.02 Å². The molecule has 1 aliphatic heterocycles. The van der Waals surface area contributed by atoms with Crippen molar-refractivity contribution in [3.63, 3.8) is 0 Å². The number of thiol groups is 1. The third-order valence-electron chi connectivity index (χ3n) is 5.69. The lowest BCUT2D eigenvalue weighted by atomic mass is 9.82. The summed E-state index contributed by atoms with van der Waals surface area (Å²) in [4.78, 5) is 23.1. The zero-order valence-electron chi connectivity index (χ0n) is 25.0. The van der Waals surface area contributed by atoms with Crippen LogP contribution in [0.5, 0.6) is 0 Å². The molecule has 0 bridgehead atoms. The summed E-state index contributed by atoms with van der Waals surface area (Å²) in [6.07, 6.45) is 4.28. The molecule has 0 aliphatic carbocycles. The summed E-state index contributed by atoms with van der Waals surface area (Å²) in [6.45, 7) is 18.1. The number of nitrogens with one attached hydrogen (secondary N) is 1. The largest absolute Gasteiger partial charge is 0.312 e. The Labute approximate surface area is 251 Å². The van der Waals surface area contributed by atoms with Gasteiger partial charge in [0.15, 0.2) is 5.12 Å². The van der Waals surface area contributed by atoms with Gasteiger partial charge in [0.05, 0.1) is 12.6 Å². The second-order valence-corrected chi connectivity index (χ2v) is 13.8. The lowest BCUT2D eigenvalue weighted by molar-refractivity contribution is -0.110. The lowest BCUT2D eigenvalue weighted by Gasteiger charge is -2.35. The minimum atomic E-state index is -0.127. The normalized spacial score (nSPS) is 17.9. The third kappa shape index (κ3) is 13.1. The number of hydrogen-bond acceptors (Lipinski definition) is 5. The number of aldehydes is 1. The van der Waals surface area contributed by atoms with Gasteiger partial charge in [-0.1, -0.05) is 96.5 Å². The first kappa shape index (κ1) is 35.5. The van der Waals surface area contributed by atoms with Crippen LogP contribution in [0.15, 0.2) is 65.1 Å². The van der Waals surface area contributed by atoms with Gasteiger partial charge in [-0.15, -0.1) is 12.6 Å². The summed E-state index contributed by atoms with van der Waals surface area (Å²) >= 11 is 11.4. The van der Waals surface area contributed by atoms with E-state index in [9.17, 15) is 9.59 Å².